The lowest BCUT2D eigenvalue weighted by molar-refractivity contribution is 0.0600. The second kappa shape index (κ2) is 19.0. The number of benzene rings is 7. The Labute approximate surface area is 328 Å². The molecule has 0 aliphatic heterocycles. The van der Waals surface area contributed by atoms with Crippen LogP contribution < -0.4 is 18.9 Å². The van der Waals surface area contributed by atoms with E-state index in [-0.39, 0.29) is 0 Å². The Morgan fingerprint density at radius 1 is 0.357 bits per heavy atom. The molecule has 0 aromatic heterocycles. The van der Waals surface area contributed by atoms with E-state index < -0.39 is 5.97 Å². The Balaban J connectivity index is 1.16. The van der Waals surface area contributed by atoms with E-state index >= 15 is 0 Å². The molecule has 7 rings (SSSR count). The topological polar surface area (TPSA) is 63.2 Å². The van der Waals surface area contributed by atoms with Gasteiger partial charge in [-0.05, 0) is 93.7 Å². The summed E-state index contributed by atoms with van der Waals surface area (Å²) in [7, 11) is 1.41. The molecule has 7 aromatic rings. The van der Waals surface area contributed by atoms with Crippen molar-refractivity contribution in [3.05, 3.63) is 226 Å². The summed E-state index contributed by atoms with van der Waals surface area (Å²) in [5.41, 5.74) is 8.65. The van der Waals surface area contributed by atoms with Crippen molar-refractivity contribution in [1.29, 1.82) is 0 Å². The minimum absolute atomic E-state index is 0.397. The number of ether oxygens (including phenoxy) is 5. The van der Waals surface area contributed by atoms with Gasteiger partial charge in [0.15, 0.2) is 0 Å². The normalized spacial score (nSPS) is 10.7. The fourth-order valence-electron chi connectivity index (χ4n) is 6.44. The highest BCUT2D eigenvalue weighted by molar-refractivity contribution is 5.89. The van der Waals surface area contributed by atoms with Crippen LogP contribution >= 0.6 is 0 Å². The number of carbonyl (C=O) groups is 1. The lowest BCUT2D eigenvalue weighted by Crippen LogP contribution is -2.05. The van der Waals surface area contributed by atoms with Gasteiger partial charge in [-0.1, -0.05) is 127 Å². The smallest absolute Gasteiger partial charge is 0.337 e. The molecule has 0 unspecified atom stereocenters. The average molecular weight is 741 g/mol. The van der Waals surface area contributed by atoms with E-state index in [2.05, 4.69) is 6.07 Å². The first-order valence-corrected chi connectivity index (χ1v) is 18.7. The Bertz CT molecular complexity index is 2030. The Morgan fingerprint density at radius 3 is 0.929 bits per heavy atom. The molecule has 280 valence electrons. The van der Waals surface area contributed by atoms with Crippen molar-refractivity contribution in [3.8, 4) is 23.0 Å². The van der Waals surface area contributed by atoms with Crippen molar-refractivity contribution in [3.63, 3.8) is 0 Å². The van der Waals surface area contributed by atoms with E-state index in [1.54, 1.807) is 0 Å². The average Bonchev–Trinajstić information content (AvgIpc) is 3.24. The Morgan fingerprint density at radius 2 is 0.643 bits per heavy atom. The first kappa shape index (κ1) is 37.5. The molecule has 0 heterocycles. The van der Waals surface area contributed by atoms with Gasteiger partial charge in [-0.3, -0.25) is 0 Å². The fourth-order valence-corrected chi connectivity index (χ4v) is 6.44. The molecule has 0 spiro atoms. The maximum absolute atomic E-state index is 13.0. The summed E-state index contributed by atoms with van der Waals surface area (Å²) in [6.07, 6.45) is 1.07. The summed E-state index contributed by atoms with van der Waals surface area (Å²) < 4.78 is 30.3. The summed E-state index contributed by atoms with van der Waals surface area (Å²) in [5.74, 6) is 2.41. The number of methoxy groups -OCH3 is 1. The van der Waals surface area contributed by atoms with Crippen LogP contribution in [0.15, 0.2) is 176 Å². The molecule has 0 N–H and O–H groups in total. The van der Waals surface area contributed by atoms with E-state index in [0.29, 0.717) is 67.8 Å². The van der Waals surface area contributed by atoms with Gasteiger partial charge in [-0.2, -0.15) is 0 Å². The lowest BCUT2D eigenvalue weighted by Gasteiger charge is -2.15. The molecule has 0 aliphatic rings. The molecule has 6 heteroatoms. The van der Waals surface area contributed by atoms with Gasteiger partial charge in [0.1, 0.15) is 49.4 Å². The van der Waals surface area contributed by atoms with Crippen LogP contribution in [-0.2, 0) is 44.0 Å². The minimum atomic E-state index is -0.397. The Kier molecular flexibility index (Phi) is 12.7. The number of esters is 1. The third kappa shape index (κ3) is 11.1. The highest BCUT2D eigenvalue weighted by Gasteiger charge is 2.14. The maximum atomic E-state index is 13.0. The van der Waals surface area contributed by atoms with Crippen molar-refractivity contribution in [1.82, 2.24) is 0 Å². The summed E-state index contributed by atoms with van der Waals surface area (Å²) in [4.78, 5) is 13.0. The van der Waals surface area contributed by atoms with Crippen molar-refractivity contribution in [2.24, 2.45) is 0 Å². The van der Waals surface area contributed by atoms with Crippen molar-refractivity contribution < 1.29 is 28.5 Å². The standard InChI is InChI=1S/C50H44O6/c1-52-50(51)45-25-41(23-43-27-46(53-33-37-14-6-2-7-15-37)31-47(28-43)54-34-38-16-8-3-9-17-38)22-42(26-45)24-44-29-48(55-35-39-18-10-4-11-19-39)32-49(30-44)56-36-40-20-12-5-13-21-40/h2-22,25-32H,23-24,33-36H2,1H3. The summed E-state index contributed by atoms with van der Waals surface area (Å²) in [6.45, 7) is 1.70. The fraction of sp³-hybridized carbons (Fsp3) is 0.140. The number of hydrogen-bond donors (Lipinski definition) is 0. The number of hydrogen-bond acceptors (Lipinski definition) is 6. The van der Waals surface area contributed by atoms with Crippen molar-refractivity contribution in [2.45, 2.75) is 39.3 Å². The van der Waals surface area contributed by atoms with Crippen LogP contribution in [0.1, 0.15) is 54.9 Å². The third-order valence-electron chi connectivity index (χ3n) is 9.16. The number of rotatable bonds is 17. The summed E-state index contributed by atoms with van der Waals surface area (Å²) in [5, 5.41) is 0. The van der Waals surface area contributed by atoms with Crippen LogP contribution in [0.25, 0.3) is 0 Å². The van der Waals surface area contributed by atoms with E-state index in [4.69, 9.17) is 23.7 Å². The molecule has 0 fully saturated rings. The predicted molar refractivity (Wildman–Crippen MR) is 219 cm³/mol. The first-order valence-electron chi connectivity index (χ1n) is 18.7. The predicted octanol–water partition coefficient (Wildman–Crippen LogP) is 11.0. The van der Waals surface area contributed by atoms with E-state index in [9.17, 15) is 4.79 Å². The largest absolute Gasteiger partial charge is 0.489 e. The monoisotopic (exact) mass is 740 g/mol. The van der Waals surface area contributed by atoms with Gasteiger partial charge >= 0.3 is 5.97 Å². The molecule has 56 heavy (non-hydrogen) atoms. The molecule has 0 bridgehead atoms. The minimum Gasteiger partial charge on any atom is -0.489 e. The number of carbonyl (C=O) groups excluding carboxylic acids is 1. The molecule has 0 radical (unpaired) electrons. The SMILES string of the molecule is COC(=O)c1cc(Cc2cc(OCc3ccccc3)cc(OCc3ccccc3)c2)cc(Cc2cc(OCc3ccccc3)cc(OCc3ccccc3)c2)c1. The molecular formula is C50H44O6. The zero-order chi connectivity index (χ0) is 38.4. The molecule has 0 saturated heterocycles. The molecule has 7 aromatic carbocycles. The van der Waals surface area contributed by atoms with Gasteiger partial charge in [-0.15, -0.1) is 0 Å². The molecule has 0 amide bonds. The molecular weight excluding hydrogens is 697 g/mol. The van der Waals surface area contributed by atoms with Crippen LogP contribution in [-0.4, -0.2) is 13.1 Å². The van der Waals surface area contributed by atoms with Gasteiger partial charge in [0.05, 0.1) is 12.7 Å². The molecule has 0 atom stereocenters. The highest BCUT2D eigenvalue weighted by Crippen LogP contribution is 2.30. The van der Waals surface area contributed by atoms with Gasteiger partial charge in [0.2, 0.25) is 0 Å². The quantitative estimate of drug-likeness (QED) is 0.0867. The molecule has 0 aliphatic carbocycles. The van der Waals surface area contributed by atoms with Crippen LogP contribution in [0.4, 0.5) is 0 Å². The van der Waals surface area contributed by atoms with Crippen LogP contribution in [0.2, 0.25) is 0 Å². The molecule has 6 nitrogen and oxygen atoms in total. The van der Waals surface area contributed by atoms with E-state index in [1.807, 2.05) is 170 Å². The first-order chi connectivity index (χ1) is 27.5. The Hall–Kier alpha value is -6.79. The third-order valence-corrected chi connectivity index (χ3v) is 9.16. The zero-order valence-corrected chi connectivity index (χ0v) is 31.4. The highest BCUT2D eigenvalue weighted by atomic mass is 16.5. The van der Waals surface area contributed by atoms with Crippen LogP contribution in [0.3, 0.4) is 0 Å². The van der Waals surface area contributed by atoms with Crippen LogP contribution in [0.5, 0.6) is 23.0 Å². The zero-order valence-electron chi connectivity index (χ0n) is 31.4. The van der Waals surface area contributed by atoms with Gasteiger partial charge < -0.3 is 23.7 Å². The molecule has 0 saturated carbocycles. The van der Waals surface area contributed by atoms with Gasteiger partial charge in [0, 0.05) is 12.1 Å². The van der Waals surface area contributed by atoms with Gasteiger partial charge in [0.25, 0.3) is 0 Å². The van der Waals surface area contributed by atoms with E-state index in [0.717, 1.165) is 44.5 Å². The van der Waals surface area contributed by atoms with Gasteiger partial charge in [-0.25, -0.2) is 4.79 Å². The van der Waals surface area contributed by atoms with E-state index in [1.165, 1.54) is 7.11 Å². The van der Waals surface area contributed by atoms with Crippen LogP contribution in [0, 0.1) is 0 Å². The maximum Gasteiger partial charge on any atom is 0.337 e. The lowest BCUT2D eigenvalue weighted by atomic mass is 9.96. The summed E-state index contributed by atoms with van der Waals surface area (Å²) >= 11 is 0. The second-order valence-electron chi connectivity index (χ2n) is 13.6. The second-order valence-corrected chi connectivity index (χ2v) is 13.6. The summed E-state index contributed by atoms with van der Waals surface area (Å²) in [6, 6.07) is 58.2. The van der Waals surface area contributed by atoms with Crippen molar-refractivity contribution in [2.75, 3.05) is 7.11 Å². The van der Waals surface area contributed by atoms with Crippen molar-refractivity contribution >= 4 is 5.97 Å².